The molecule has 106 valence electrons. The largest absolute Gasteiger partial charge is 0.309 e. The summed E-state index contributed by atoms with van der Waals surface area (Å²) in [5, 5.41) is 3.46. The molecule has 0 aromatic heterocycles. The van der Waals surface area contributed by atoms with Crippen LogP contribution in [0.15, 0.2) is 24.3 Å². The third-order valence-corrected chi connectivity index (χ3v) is 4.23. The normalized spacial score (nSPS) is 19.7. The van der Waals surface area contributed by atoms with Crippen LogP contribution in [0.1, 0.15) is 36.4 Å². The van der Waals surface area contributed by atoms with Gasteiger partial charge in [0.05, 0.1) is 6.26 Å². The van der Waals surface area contributed by atoms with Crippen molar-refractivity contribution in [3.8, 4) is 0 Å². The molecule has 19 heavy (non-hydrogen) atoms. The van der Waals surface area contributed by atoms with Crippen LogP contribution in [0.25, 0.3) is 0 Å². The first-order valence-electron chi connectivity index (χ1n) is 6.82. The van der Waals surface area contributed by atoms with E-state index in [0.717, 1.165) is 12.8 Å². The number of aryl methyl sites for hydroxylation is 1. The van der Waals surface area contributed by atoms with E-state index < -0.39 is 10.0 Å². The fourth-order valence-corrected chi connectivity index (χ4v) is 3.09. The summed E-state index contributed by atoms with van der Waals surface area (Å²) in [6, 6.07) is 8.90. The summed E-state index contributed by atoms with van der Waals surface area (Å²) in [5.74, 6) is 0. The molecule has 0 spiro atoms. The fraction of sp³-hybridized carbons (Fsp3) is 0.571. The third-order valence-electron chi connectivity index (χ3n) is 3.50. The Bertz CT molecular complexity index is 514. The highest BCUT2D eigenvalue weighted by molar-refractivity contribution is 7.88. The molecule has 0 aliphatic heterocycles. The highest BCUT2D eigenvalue weighted by Crippen LogP contribution is 2.28. The molecule has 0 saturated carbocycles. The second kappa shape index (κ2) is 6.50. The molecule has 1 aromatic carbocycles. The first-order valence-corrected chi connectivity index (χ1v) is 8.71. The Morgan fingerprint density at radius 1 is 1.21 bits per heavy atom. The average molecular weight is 282 g/mol. The van der Waals surface area contributed by atoms with Crippen molar-refractivity contribution >= 4 is 10.0 Å². The monoisotopic (exact) mass is 282 g/mol. The summed E-state index contributed by atoms with van der Waals surface area (Å²) in [4.78, 5) is 0. The van der Waals surface area contributed by atoms with Crippen molar-refractivity contribution in [3.05, 3.63) is 35.4 Å². The molecule has 2 rings (SSSR count). The van der Waals surface area contributed by atoms with Gasteiger partial charge in [-0.2, -0.15) is 0 Å². The minimum absolute atomic E-state index is 0.347. The average Bonchev–Trinajstić information content (AvgIpc) is 2.56. The highest BCUT2D eigenvalue weighted by Gasteiger charge is 2.17. The van der Waals surface area contributed by atoms with Gasteiger partial charge in [-0.1, -0.05) is 30.7 Å². The topological polar surface area (TPSA) is 58.2 Å². The summed E-state index contributed by atoms with van der Waals surface area (Å²) < 4.78 is 24.5. The second-order valence-electron chi connectivity index (χ2n) is 5.12. The van der Waals surface area contributed by atoms with Crippen LogP contribution in [0.4, 0.5) is 0 Å². The van der Waals surface area contributed by atoms with Crippen LogP contribution < -0.4 is 10.0 Å². The predicted molar refractivity (Wildman–Crippen MR) is 77.6 cm³/mol. The maximum absolute atomic E-state index is 11.0. The number of fused-ring (bicyclic) bond motifs is 1. The van der Waals surface area contributed by atoms with Gasteiger partial charge in [0, 0.05) is 19.1 Å². The van der Waals surface area contributed by atoms with E-state index in [4.69, 9.17) is 0 Å². The van der Waals surface area contributed by atoms with Gasteiger partial charge in [-0.15, -0.1) is 0 Å². The van der Waals surface area contributed by atoms with Gasteiger partial charge < -0.3 is 5.32 Å². The number of nitrogens with one attached hydrogen (secondary N) is 2. The molecule has 0 amide bonds. The van der Waals surface area contributed by atoms with Crippen LogP contribution in [0.2, 0.25) is 0 Å². The quantitative estimate of drug-likeness (QED) is 0.637. The lowest BCUT2D eigenvalue weighted by Crippen LogP contribution is -2.33. The van der Waals surface area contributed by atoms with Crippen molar-refractivity contribution in [2.24, 2.45) is 0 Å². The molecule has 1 aliphatic carbocycles. The zero-order valence-corrected chi connectivity index (χ0v) is 12.2. The molecule has 1 unspecified atom stereocenters. The van der Waals surface area contributed by atoms with Crippen molar-refractivity contribution in [3.63, 3.8) is 0 Å². The smallest absolute Gasteiger partial charge is 0.208 e. The zero-order valence-electron chi connectivity index (χ0n) is 11.4. The number of hydrogen-bond acceptors (Lipinski definition) is 3. The molecule has 1 aliphatic rings. The molecule has 0 bridgehead atoms. The van der Waals surface area contributed by atoms with Gasteiger partial charge >= 0.3 is 0 Å². The lowest BCUT2D eigenvalue weighted by atomic mass is 9.99. The van der Waals surface area contributed by atoms with Crippen LogP contribution in [0, 0.1) is 0 Å². The summed E-state index contributed by atoms with van der Waals surface area (Å²) in [7, 11) is -3.08. The summed E-state index contributed by atoms with van der Waals surface area (Å²) >= 11 is 0. The number of sulfonamides is 1. The molecular formula is C14H22N2O2S. The van der Waals surface area contributed by atoms with Crippen LogP contribution in [-0.2, 0) is 16.4 Å². The van der Waals surface area contributed by atoms with Gasteiger partial charge in [0.1, 0.15) is 0 Å². The Balaban J connectivity index is 1.93. The number of rotatable bonds is 5. The Labute approximate surface area is 115 Å². The van der Waals surface area contributed by atoms with E-state index in [9.17, 15) is 8.42 Å². The Hall–Kier alpha value is -0.910. The molecule has 0 radical (unpaired) electrons. The third kappa shape index (κ3) is 4.60. The Kier molecular flexibility index (Phi) is 4.96. The first-order chi connectivity index (χ1) is 9.06. The standard InChI is InChI=1S/C14H22N2O2S/c1-19(17,18)16-11-10-15-14-9-5-3-7-12-6-2-4-8-13(12)14/h2,4,6,8,14-16H,3,5,7,9-11H2,1H3. The van der Waals surface area contributed by atoms with Gasteiger partial charge in [0.25, 0.3) is 0 Å². The maximum Gasteiger partial charge on any atom is 0.208 e. The van der Waals surface area contributed by atoms with E-state index in [0.29, 0.717) is 19.1 Å². The summed E-state index contributed by atoms with van der Waals surface area (Å²) in [6.45, 7) is 1.10. The second-order valence-corrected chi connectivity index (χ2v) is 6.95. The molecule has 1 aromatic rings. The molecule has 1 atom stereocenters. The minimum atomic E-state index is -3.08. The molecule has 0 heterocycles. The van der Waals surface area contributed by atoms with Gasteiger partial charge in [-0.3, -0.25) is 0 Å². The molecule has 0 saturated heterocycles. The molecule has 0 fully saturated rings. The van der Waals surface area contributed by atoms with E-state index in [1.54, 1.807) is 0 Å². The van der Waals surface area contributed by atoms with Crippen LogP contribution in [0.3, 0.4) is 0 Å². The van der Waals surface area contributed by atoms with Crippen molar-refractivity contribution in [2.45, 2.75) is 31.7 Å². The van der Waals surface area contributed by atoms with Gasteiger partial charge in [0.15, 0.2) is 0 Å². The van der Waals surface area contributed by atoms with Crippen molar-refractivity contribution in [1.29, 1.82) is 0 Å². The van der Waals surface area contributed by atoms with Crippen molar-refractivity contribution in [2.75, 3.05) is 19.3 Å². The summed E-state index contributed by atoms with van der Waals surface area (Å²) in [6.07, 6.45) is 5.91. The van der Waals surface area contributed by atoms with E-state index in [-0.39, 0.29) is 0 Å². The first kappa shape index (κ1) is 14.5. The molecule has 5 heteroatoms. The molecule has 2 N–H and O–H groups in total. The minimum Gasteiger partial charge on any atom is -0.309 e. The van der Waals surface area contributed by atoms with E-state index in [2.05, 4.69) is 34.3 Å². The van der Waals surface area contributed by atoms with Crippen LogP contribution in [-0.4, -0.2) is 27.8 Å². The van der Waals surface area contributed by atoms with E-state index in [1.165, 1.54) is 30.2 Å². The van der Waals surface area contributed by atoms with Crippen molar-refractivity contribution < 1.29 is 8.42 Å². The number of benzene rings is 1. The SMILES string of the molecule is CS(=O)(=O)NCCNC1CCCCc2ccccc21. The lowest BCUT2D eigenvalue weighted by molar-refractivity contribution is 0.490. The summed E-state index contributed by atoms with van der Waals surface area (Å²) in [5.41, 5.74) is 2.80. The van der Waals surface area contributed by atoms with E-state index in [1.807, 2.05) is 0 Å². The van der Waals surface area contributed by atoms with Gasteiger partial charge in [-0.05, 0) is 30.4 Å². The van der Waals surface area contributed by atoms with Gasteiger partial charge in [-0.25, -0.2) is 13.1 Å². The van der Waals surface area contributed by atoms with Gasteiger partial charge in [0.2, 0.25) is 10.0 Å². The number of hydrogen-bond donors (Lipinski definition) is 2. The lowest BCUT2D eigenvalue weighted by Gasteiger charge is -2.19. The molecular weight excluding hydrogens is 260 g/mol. The van der Waals surface area contributed by atoms with Crippen LogP contribution in [0.5, 0.6) is 0 Å². The van der Waals surface area contributed by atoms with E-state index >= 15 is 0 Å². The molecule has 4 nitrogen and oxygen atoms in total. The Morgan fingerprint density at radius 2 is 2.00 bits per heavy atom. The highest BCUT2D eigenvalue weighted by atomic mass is 32.2. The Morgan fingerprint density at radius 3 is 2.79 bits per heavy atom. The zero-order chi connectivity index (χ0) is 13.7. The van der Waals surface area contributed by atoms with Crippen molar-refractivity contribution in [1.82, 2.24) is 10.0 Å². The van der Waals surface area contributed by atoms with Crippen LogP contribution >= 0.6 is 0 Å². The predicted octanol–water partition coefficient (Wildman–Crippen LogP) is 1.59. The maximum atomic E-state index is 11.0. The fourth-order valence-electron chi connectivity index (χ4n) is 2.62.